The summed E-state index contributed by atoms with van der Waals surface area (Å²) in [6.45, 7) is 6.22. The average Bonchev–Trinajstić information content (AvgIpc) is 3.29. The van der Waals surface area contributed by atoms with E-state index in [1.807, 2.05) is 0 Å². The zero-order valence-electron chi connectivity index (χ0n) is 12.5. The third-order valence-corrected chi connectivity index (χ3v) is 4.11. The molecular weight excluding hydrogens is 280 g/mol. The summed E-state index contributed by atoms with van der Waals surface area (Å²) in [6.07, 6.45) is 3.92. The quantitative estimate of drug-likeness (QED) is 0.343. The van der Waals surface area contributed by atoms with E-state index in [0.717, 1.165) is 25.7 Å². The van der Waals surface area contributed by atoms with E-state index in [4.69, 9.17) is 33.2 Å². The average molecular weight is 302 g/mol. The maximum absolute atomic E-state index is 5.96. The van der Waals surface area contributed by atoms with Gasteiger partial charge in [-0.15, -0.1) is 0 Å². The molecular formula is C14H22O7. The van der Waals surface area contributed by atoms with Gasteiger partial charge in [-0.1, -0.05) is 26.7 Å². The smallest absolute Gasteiger partial charge is 0.335 e. The molecule has 4 saturated heterocycles. The first kappa shape index (κ1) is 14.3. The fraction of sp³-hybridized carbons (Fsp3) is 1.00. The van der Waals surface area contributed by atoms with Crippen molar-refractivity contribution in [2.75, 3.05) is 26.4 Å². The molecule has 4 aliphatic rings. The summed E-state index contributed by atoms with van der Waals surface area (Å²) in [6, 6.07) is 0. The Morgan fingerprint density at radius 1 is 0.810 bits per heavy atom. The Morgan fingerprint density at radius 2 is 1.24 bits per heavy atom. The highest BCUT2D eigenvalue weighted by atomic mass is 17.1. The molecule has 0 N–H and O–H groups in total. The van der Waals surface area contributed by atoms with Crippen molar-refractivity contribution < 1.29 is 33.2 Å². The Morgan fingerprint density at radius 3 is 1.52 bits per heavy atom. The number of hydrogen-bond acceptors (Lipinski definition) is 7. The predicted octanol–water partition coefficient (Wildman–Crippen LogP) is 1.46. The van der Waals surface area contributed by atoms with Crippen LogP contribution in [0.5, 0.6) is 0 Å². The summed E-state index contributed by atoms with van der Waals surface area (Å²) in [5.74, 6) is -3.93. The molecule has 0 aromatic carbocycles. The van der Waals surface area contributed by atoms with Crippen molar-refractivity contribution in [2.45, 2.75) is 63.1 Å². The van der Waals surface area contributed by atoms with Crippen LogP contribution >= 0.6 is 0 Å². The Balaban J connectivity index is 1.40. The van der Waals surface area contributed by atoms with Gasteiger partial charge in [0.25, 0.3) is 11.6 Å². The molecule has 4 heterocycles. The van der Waals surface area contributed by atoms with Gasteiger partial charge < -0.3 is 18.9 Å². The third kappa shape index (κ3) is 2.15. The van der Waals surface area contributed by atoms with E-state index in [1.54, 1.807) is 0 Å². The van der Waals surface area contributed by atoms with Gasteiger partial charge in [0.1, 0.15) is 13.2 Å². The van der Waals surface area contributed by atoms with Gasteiger partial charge in [0.05, 0.1) is 13.2 Å². The summed E-state index contributed by atoms with van der Waals surface area (Å²) in [7, 11) is 0. The van der Waals surface area contributed by atoms with Gasteiger partial charge in [0.2, 0.25) is 0 Å². The van der Waals surface area contributed by atoms with Crippen LogP contribution in [0.25, 0.3) is 0 Å². The molecule has 0 bridgehead atoms. The van der Waals surface area contributed by atoms with Gasteiger partial charge >= 0.3 is 11.9 Å². The second-order valence-electron chi connectivity index (χ2n) is 5.91. The first-order valence-corrected chi connectivity index (χ1v) is 7.82. The maximum atomic E-state index is 5.96. The topological polar surface area (TPSA) is 77.8 Å². The first-order chi connectivity index (χ1) is 10.2. The fourth-order valence-electron chi connectivity index (χ4n) is 2.40. The van der Waals surface area contributed by atoms with Crippen LogP contribution in [0.15, 0.2) is 0 Å². The number of hydrogen-bond donors (Lipinski definition) is 0. The number of unbranched alkanes of at least 4 members (excludes halogenated alkanes) is 2. The third-order valence-electron chi connectivity index (χ3n) is 4.11. The minimum Gasteiger partial charge on any atom is -0.335 e. The van der Waals surface area contributed by atoms with Crippen LogP contribution in [0, 0.1) is 0 Å². The van der Waals surface area contributed by atoms with E-state index in [1.165, 1.54) is 0 Å². The summed E-state index contributed by atoms with van der Waals surface area (Å²) >= 11 is 0. The fourth-order valence-corrected chi connectivity index (χ4v) is 2.40. The summed E-state index contributed by atoms with van der Waals surface area (Å²) in [5, 5.41) is 0. The molecule has 7 heteroatoms. The normalized spacial score (nSPS) is 48.9. The molecule has 4 unspecified atom stereocenters. The minimum atomic E-state index is -1.20. The van der Waals surface area contributed by atoms with Gasteiger partial charge in [-0.25, -0.2) is 0 Å². The van der Waals surface area contributed by atoms with Gasteiger partial charge in [0.15, 0.2) is 0 Å². The van der Waals surface area contributed by atoms with Crippen LogP contribution in [0.2, 0.25) is 0 Å². The van der Waals surface area contributed by atoms with Crippen molar-refractivity contribution in [3.05, 3.63) is 0 Å². The second-order valence-corrected chi connectivity index (χ2v) is 5.91. The molecule has 4 atom stereocenters. The lowest BCUT2D eigenvalue weighted by atomic mass is 10.3. The van der Waals surface area contributed by atoms with Gasteiger partial charge in [0, 0.05) is 0 Å². The van der Waals surface area contributed by atoms with E-state index in [2.05, 4.69) is 13.8 Å². The largest absolute Gasteiger partial charge is 0.350 e. The summed E-state index contributed by atoms with van der Waals surface area (Å²) in [4.78, 5) is 0. The predicted molar refractivity (Wildman–Crippen MR) is 67.8 cm³/mol. The maximum Gasteiger partial charge on any atom is 0.350 e. The first-order valence-electron chi connectivity index (χ1n) is 7.82. The molecule has 0 aromatic rings. The zero-order chi connectivity index (χ0) is 14.6. The number of rotatable bonds is 10. The van der Waals surface area contributed by atoms with Crippen molar-refractivity contribution in [1.82, 2.24) is 0 Å². The van der Waals surface area contributed by atoms with Crippen molar-refractivity contribution in [3.63, 3.8) is 0 Å². The molecule has 0 aliphatic carbocycles. The lowest BCUT2D eigenvalue weighted by Gasteiger charge is -2.19. The number of ether oxygens (including phenoxy) is 7. The highest BCUT2D eigenvalue weighted by Gasteiger charge is 2.93. The lowest BCUT2D eigenvalue weighted by Crippen LogP contribution is -2.37. The highest BCUT2D eigenvalue weighted by Crippen LogP contribution is 2.67. The molecule has 4 aliphatic heterocycles. The van der Waals surface area contributed by atoms with Crippen LogP contribution in [0.1, 0.15) is 39.5 Å². The lowest BCUT2D eigenvalue weighted by molar-refractivity contribution is -0.350. The van der Waals surface area contributed by atoms with Crippen LogP contribution in [0.3, 0.4) is 0 Å². The van der Waals surface area contributed by atoms with Crippen LogP contribution in [-0.4, -0.2) is 49.9 Å². The minimum absolute atomic E-state index is 0.470. The molecule has 21 heavy (non-hydrogen) atoms. The number of epoxide rings is 4. The Kier molecular flexibility index (Phi) is 3.14. The SMILES string of the molecule is CCCCOC1(OC2(OCCCC)OC23CO3)OC12CO2. The van der Waals surface area contributed by atoms with Gasteiger partial charge in [-0.05, 0) is 12.8 Å². The molecule has 0 amide bonds. The molecule has 120 valence electrons. The second kappa shape index (κ2) is 4.61. The van der Waals surface area contributed by atoms with Crippen molar-refractivity contribution in [2.24, 2.45) is 0 Å². The van der Waals surface area contributed by atoms with Crippen molar-refractivity contribution in [3.8, 4) is 0 Å². The molecule has 0 saturated carbocycles. The molecule has 0 radical (unpaired) electrons. The molecule has 0 aromatic heterocycles. The van der Waals surface area contributed by atoms with Gasteiger partial charge in [-0.3, -0.25) is 14.2 Å². The summed E-state index contributed by atoms with van der Waals surface area (Å²) in [5.41, 5.74) is 0. The molecule has 4 fully saturated rings. The summed E-state index contributed by atoms with van der Waals surface area (Å²) < 4.78 is 39.3. The van der Waals surface area contributed by atoms with Crippen LogP contribution in [-0.2, 0) is 33.2 Å². The highest BCUT2D eigenvalue weighted by molar-refractivity contribution is 5.12. The van der Waals surface area contributed by atoms with E-state index >= 15 is 0 Å². The Labute approximate surface area is 123 Å². The molecule has 4 rings (SSSR count). The van der Waals surface area contributed by atoms with E-state index in [9.17, 15) is 0 Å². The standard InChI is InChI=1S/C14H22O7/c1-3-5-7-15-13(11(19-13)9-17-11)21-14(16-8-6-4-2)12(20-14)10-18-12/h3-10H2,1-2H3. The van der Waals surface area contributed by atoms with E-state index in [-0.39, 0.29) is 0 Å². The van der Waals surface area contributed by atoms with E-state index < -0.39 is 23.5 Å². The Bertz CT molecular complexity index is 382. The van der Waals surface area contributed by atoms with Crippen molar-refractivity contribution in [1.29, 1.82) is 0 Å². The van der Waals surface area contributed by atoms with Crippen LogP contribution < -0.4 is 0 Å². The molecule has 7 nitrogen and oxygen atoms in total. The molecule has 2 spiro atoms. The van der Waals surface area contributed by atoms with Crippen molar-refractivity contribution >= 4 is 0 Å². The monoisotopic (exact) mass is 302 g/mol. The van der Waals surface area contributed by atoms with E-state index in [0.29, 0.717) is 26.4 Å². The van der Waals surface area contributed by atoms with Crippen LogP contribution in [0.4, 0.5) is 0 Å². The van der Waals surface area contributed by atoms with Gasteiger partial charge in [-0.2, -0.15) is 0 Å². The zero-order valence-corrected chi connectivity index (χ0v) is 12.5. The Hall–Kier alpha value is -0.280.